The van der Waals surface area contributed by atoms with Gasteiger partial charge in [-0.1, -0.05) is 0 Å². The van der Waals surface area contributed by atoms with Crippen molar-refractivity contribution in [3.8, 4) is 0 Å². The molecule has 2 heterocycles. The first-order valence-corrected chi connectivity index (χ1v) is 6.81. The van der Waals surface area contributed by atoms with E-state index in [0.29, 0.717) is 17.4 Å². The highest BCUT2D eigenvalue weighted by atomic mass is 16.2. The maximum atomic E-state index is 12.5. The molecule has 0 spiro atoms. The van der Waals surface area contributed by atoms with Gasteiger partial charge in [-0.2, -0.15) is 5.10 Å². The Bertz CT molecular complexity index is 454. The number of nitrogens with two attached hydrogens (primary N) is 1. The molecule has 2 rings (SSSR count). The summed E-state index contributed by atoms with van der Waals surface area (Å²) in [7, 11) is 4.11. The minimum atomic E-state index is -0.0451. The lowest BCUT2D eigenvalue weighted by molar-refractivity contribution is 0.0629. The number of carbonyl (C=O) groups excluding carboxylic acids is 1. The zero-order valence-corrected chi connectivity index (χ0v) is 12.0. The van der Waals surface area contributed by atoms with Gasteiger partial charge in [-0.25, -0.2) is 0 Å². The molecule has 1 fully saturated rings. The van der Waals surface area contributed by atoms with E-state index < -0.39 is 0 Å². The van der Waals surface area contributed by atoms with Crippen LogP contribution in [-0.4, -0.2) is 58.7 Å². The third-order valence-electron chi connectivity index (χ3n) is 3.73. The molecule has 1 aliphatic heterocycles. The van der Waals surface area contributed by atoms with E-state index >= 15 is 0 Å². The number of anilines is 1. The van der Waals surface area contributed by atoms with Crippen LogP contribution in [0.5, 0.6) is 0 Å². The number of aromatic nitrogens is 2. The molecule has 1 atom stereocenters. The van der Waals surface area contributed by atoms with Crippen LogP contribution in [0.1, 0.15) is 30.3 Å². The van der Waals surface area contributed by atoms with E-state index in [1.54, 1.807) is 10.9 Å². The van der Waals surface area contributed by atoms with Crippen molar-refractivity contribution in [1.82, 2.24) is 19.6 Å². The van der Waals surface area contributed by atoms with Gasteiger partial charge in [0.25, 0.3) is 5.91 Å². The lowest BCUT2D eigenvalue weighted by atomic mass is 10.0. The lowest BCUT2D eigenvalue weighted by Gasteiger charge is -2.35. The molecule has 6 nitrogen and oxygen atoms in total. The molecule has 2 N–H and O–H groups in total. The highest BCUT2D eigenvalue weighted by Gasteiger charge is 2.28. The summed E-state index contributed by atoms with van der Waals surface area (Å²) in [6, 6.07) is 0.423. The van der Waals surface area contributed by atoms with Crippen LogP contribution in [0, 0.1) is 0 Å². The van der Waals surface area contributed by atoms with Crippen molar-refractivity contribution in [2.45, 2.75) is 32.4 Å². The van der Waals surface area contributed by atoms with Gasteiger partial charge >= 0.3 is 0 Å². The Kier molecular flexibility index (Phi) is 4.09. The number of hydrogen-bond donors (Lipinski definition) is 1. The lowest BCUT2D eigenvalue weighted by Crippen LogP contribution is -2.47. The summed E-state index contributed by atoms with van der Waals surface area (Å²) in [5.74, 6) is -0.0451. The van der Waals surface area contributed by atoms with Crippen LogP contribution in [-0.2, 0) is 6.54 Å². The van der Waals surface area contributed by atoms with E-state index in [1.807, 2.05) is 11.8 Å². The number of hydrogen-bond acceptors (Lipinski definition) is 4. The number of amides is 1. The molecule has 106 valence electrons. The zero-order chi connectivity index (χ0) is 14.0. The molecule has 1 saturated heterocycles. The van der Waals surface area contributed by atoms with Crippen LogP contribution in [0.2, 0.25) is 0 Å². The number of carbonyl (C=O) groups is 1. The minimum Gasteiger partial charge on any atom is -0.396 e. The van der Waals surface area contributed by atoms with Crippen LogP contribution in [0.25, 0.3) is 0 Å². The maximum absolute atomic E-state index is 12.5. The summed E-state index contributed by atoms with van der Waals surface area (Å²) >= 11 is 0. The standard InChI is InChI=1S/C13H23N5O/c1-4-18-9-11(14)12(15-18)13(19)17-7-5-6-10(8-17)16(2)3/h9-10H,4-8,14H2,1-3H3. The second-order valence-electron chi connectivity index (χ2n) is 5.30. The first-order valence-electron chi connectivity index (χ1n) is 6.81. The molecule has 0 aromatic carbocycles. The number of nitrogens with zero attached hydrogens (tertiary/aromatic N) is 4. The summed E-state index contributed by atoms with van der Waals surface area (Å²) in [6.07, 6.45) is 3.89. The van der Waals surface area contributed by atoms with Crippen LogP contribution >= 0.6 is 0 Å². The Balaban J connectivity index is 2.12. The van der Waals surface area contributed by atoms with Crippen molar-refractivity contribution in [3.63, 3.8) is 0 Å². The van der Waals surface area contributed by atoms with Gasteiger partial charge in [0.1, 0.15) is 0 Å². The van der Waals surface area contributed by atoms with Crippen LogP contribution < -0.4 is 5.73 Å². The molecule has 1 aliphatic rings. The van der Waals surface area contributed by atoms with Gasteiger partial charge in [0.2, 0.25) is 0 Å². The van der Waals surface area contributed by atoms with E-state index in [4.69, 9.17) is 5.73 Å². The van der Waals surface area contributed by atoms with Crippen molar-refractivity contribution in [1.29, 1.82) is 0 Å². The maximum Gasteiger partial charge on any atom is 0.276 e. The summed E-state index contributed by atoms with van der Waals surface area (Å²) in [4.78, 5) is 16.5. The van der Waals surface area contributed by atoms with Crippen molar-refractivity contribution in [2.24, 2.45) is 0 Å². The van der Waals surface area contributed by atoms with Gasteiger partial charge in [0.05, 0.1) is 5.69 Å². The topological polar surface area (TPSA) is 67.4 Å². The Morgan fingerprint density at radius 3 is 2.89 bits per heavy atom. The van der Waals surface area contributed by atoms with Crippen molar-refractivity contribution < 1.29 is 4.79 Å². The molecule has 6 heteroatoms. The van der Waals surface area contributed by atoms with Crippen LogP contribution in [0.15, 0.2) is 6.20 Å². The number of nitrogen functional groups attached to an aromatic ring is 1. The van der Waals surface area contributed by atoms with Crippen molar-refractivity contribution in [2.75, 3.05) is 32.9 Å². The normalized spacial score (nSPS) is 20.0. The quantitative estimate of drug-likeness (QED) is 0.871. The van der Waals surface area contributed by atoms with E-state index in [1.165, 1.54) is 0 Å². The fourth-order valence-electron chi connectivity index (χ4n) is 2.48. The molecule has 1 aromatic heterocycles. The van der Waals surface area contributed by atoms with Gasteiger partial charge in [-0.15, -0.1) is 0 Å². The molecule has 0 saturated carbocycles. The largest absolute Gasteiger partial charge is 0.396 e. The Morgan fingerprint density at radius 1 is 1.58 bits per heavy atom. The van der Waals surface area contributed by atoms with E-state index in [2.05, 4.69) is 24.1 Å². The molecular weight excluding hydrogens is 242 g/mol. The highest BCUT2D eigenvalue weighted by molar-refractivity contribution is 5.97. The van der Waals surface area contributed by atoms with Gasteiger partial charge in [0, 0.05) is 31.9 Å². The Hall–Kier alpha value is -1.56. The molecule has 0 bridgehead atoms. The first-order chi connectivity index (χ1) is 9.02. The molecule has 0 radical (unpaired) electrons. The Morgan fingerprint density at radius 2 is 2.32 bits per heavy atom. The molecular formula is C13H23N5O. The summed E-state index contributed by atoms with van der Waals surface area (Å²) in [5, 5.41) is 4.26. The second kappa shape index (κ2) is 5.61. The van der Waals surface area contributed by atoms with E-state index in [-0.39, 0.29) is 5.91 Å². The average Bonchev–Trinajstić information content (AvgIpc) is 2.79. The number of piperidine rings is 1. The van der Waals surface area contributed by atoms with Crippen molar-refractivity contribution in [3.05, 3.63) is 11.9 Å². The van der Waals surface area contributed by atoms with E-state index in [0.717, 1.165) is 32.5 Å². The highest BCUT2D eigenvalue weighted by Crippen LogP contribution is 2.18. The number of aryl methyl sites for hydroxylation is 1. The van der Waals surface area contributed by atoms with Gasteiger partial charge in [0.15, 0.2) is 5.69 Å². The van der Waals surface area contributed by atoms with Gasteiger partial charge in [-0.05, 0) is 33.9 Å². The summed E-state index contributed by atoms with van der Waals surface area (Å²) in [5.41, 5.74) is 6.74. The van der Waals surface area contributed by atoms with Crippen LogP contribution in [0.4, 0.5) is 5.69 Å². The average molecular weight is 265 g/mol. The minimum absolute atomic E-state index is 0.0451. The van der Waals surface area contributed by atoms with Crippen LogP contribution in [0.3, 0.4) is 0 Å². The summed E-state index contributed by atoms with van der Waals surface area (Å²) in [6.45, 7) is 4.24. The molecule has 1 aromatic rings. The number of likely N-dealkylation sites (N-methyl/N-ethyl adjacent to an activating group) is 1. The van der Waals surface area contributed by atoms with Crippen molar-refractivity contribution >= 4 is 11.6 Å². The molecule has 19 heavy (non-hydrogen) atoms. The molecule has 1 unspecified atom stereocenters. The third-order valence-corrected chi connectivity index (χ3v) is 3.73. The number of rotatable bonds is 3. The fourth-order valence-corrected chi connectivity index (χ4v) is 2.48. The zero-order valence-electron chi connectivity index (χ0n) is 12.0. The van der Waals surface area contributed by atoms with E-state index in [9.17, 15) is 4.79 Å². The molecule has 1 amide bonds. The number of likely N-dealkylation sites (tertiary alicyclic amines) is 1. The first kappa shape index (κ1) is 13.9. The van der Waals surface area contributed by atoms with Gasteiger partial charge < -0.3 is 15.5 Å². The second-order valence-corrected chi connectivity index (χ2v) is 5.30. The third kappa shape index (κ3) is 2.89. The SMILES string of the molecule is CCn1cc(N)c(C(=O)N2CCCC(N(C)C)C2)n1. The Labute approximate surface area is 114 Å². The summed E-state index contributed by atoms with van der Waals surface area (Å²) < 4.78 is 1.70. The fraction of sp³-hybridized carbons (Fsp3) is 0.692. The monoisotopic (exact) mass is 265 g/mol. The smallest absolute Gasteiger partial charge is 0.276 e. The van der Waals surface area contributed by atoms with Gasteiger partial charge in [-0.3, -0.25) is 9.48 Å². The molecule has 0 aliphatic carbocycles. The predicted octanol–water partition coefficient (Wildman–Crippen LogP) is 0.651. The predicted molar refractivity (Wildman–Crippen MR) is 74.9 cm³/mol.